The van der Waals surface area contributed by atoms with Crippen molar-refractivity contribution in [2.45, 2.75) is 6.42 Å². The van der Waals surface area contributed by atoms with Crippen molar-refractivity contribution < 1.29 is 9.59 Å². The highest BCUT2D eigenvalue weighted by Crippen LogP contribution is 2.08. The highest BCUT2D eigenvalue weighted by Gasteiger charge is 2.11. The Hall–Kier alpha value is -1.88. The lowest BCUT2D eigenvalue weighted by Crippen LogP contribution is -2.35. The summed E-state index contributed by atoms with van der Waals surface area (Å²) in [5.41, 5.74) is 11.5. The molecule has 1 rings (SSSR count). The number of nitrogens with two attached hydrogens (primary N) is 2. The van der Waals surface area contributed by atoms with Crippen LogP contribution in [-0.2, 0) is 6.42 Å². The van der Waals surface area contributed by atoms with Gasteiger partial charge in [-0.25, -0.2) is 4.79 Å². The van der Waals surface area contributed by atoms with Crippen LogP contribution in [0.5, 0.6) is 0 Å². The first-order chi connectivity index (χ1) is 7.15. The van der Waals surface area contributed by atoms with E-state index in [4.69, 9.17) is 11.5 Å². The highest BCUT2D eigenvalue weighted by molar-refractivity contribution is 6.04. The average molecular weight is 207 g/mol. The Balaban J connectivity index is 2.91. The predicted octanol–water partition coefficient (Wildman–Crippen LogP) is -0.00370. The van der Waals surface area contributed by atoms with Gasteiger partial charge in [-0.05, 0) is 24.6 Å². The van der Waals surface area contributed by atoms with Crippen LogP contribution in [0.15, 0.2) is 24.3 Å². The highest BCUT2D eigenvalue weighted by atomic mass is 16.2. The first-order valence-corrected chi connectivity index (χ1v) is 4.54. The molecule has 0 atom stereocenters. The van der Waals surface area contributed by atoms with Crippen molar-refractivity contribution >= 4 is 11.9 Å². The molecule has 0 unspecified atom stereocenters. The van der Waals surface area contributed by atoms with E-state index in [1.807, 2.05) is 11.4 Å². The van der Waals surface area contributed by atoms with Gasteiger partial charge in [0.25, 0.3) is 5.91 Å². The third kappa shape index (κ3) is 3.07. The molecule has 0 aliphatic carbocycles. The van der Waals surface area contributed by atoms with Crippen molar-refractivity contribution in [3.63, 3.8) is 0 Å². The second-order valence-corrected chi connectivity index (χ2v) is 3.01. The molecule has 0 aliphatic rings. The van der Waals surface area contributed by atoms with Gasteiger partial charge in [0, 0.05) is 5.56 Å². The van der Waals surface area contributed by atoms with Crippen LogP contribution in [-0.4, -0.2) is 18.5 Å². The number of hydrogen-bond donors (Lipinski definition) is 3. The quantitative estimate of drug-likeness (QED) is 0.650. The summed E-state index contributed by atoms with van der Waals surface area (Å²) in [5, 5.41) is 2.02. The smallest absolute Gasteiger partial charge is 0.319 e. The number of carbonyl (C=O) groups is 2. The molecule has 0 saturated heterocycles. The summed E-state index contributed by atoms with van der Waals surface area (Å²) in [6.07, 6.45) is 0.586. The summed E-state index contributed by atoms with van der Waals surface area (Å²) in [7, 11) is 0. The van der Waals surface area contributed by atoms with E-state index in [0.29, 0.717) is 18.5 Å². The Morgan fingerprint density at radius 2 is 1.93 bits per heavy atom. The zero-order valence-electron chi connectivity index (χ0n) is 8.19. The number of benzene rings is 1. The van der Waals surface area contributed by atoms with Crippen LogP contribution in [0.2, 0.25) is 0 Å². The molecule has 0 fully saturated rings. The van der Waals surface area contributed by atoms with E-state index in [9.17, 15) is 9.59 Å². The molecule has 0 saturated carbocycles. The van der Waals surface area contributed by atoms with E-state index in [1.165, 1.54) is 0 Å². The number of carbonyl (C=O) groups excluding carboxylic acids is 2. The fraction of sp³-hybridized carbons (Fsp3) is 0.200. The van der Waals surface area contributed by atoms with Crippen LogP contribution in [0, 0.1) is 0 Å². The number of imide groups is 1. The zero-order chi connectivity index (χ0) is 11.3. The van der Waals surface area contributed by atoms with Gasteiger partial charge in [0.05, 0.1) is 0 Å². The molecule has 0 spiro atoms. The van der Waals surface area contributed by atoms with E-state index in [1.54, 1.807) is 18.2 Å². The van der Waals surface area contributed by atoms with Crippen LogP contribution in [0.4, 0.5) is 4.79 Å². The van der Waals surface area contributed by atoms with Crippen molar-refractivity contribution in [1.29, 1.82) is 0 Å². The van der Waals surface area contributed by atoms with Crippen molar-refractivity contribution in [2.75, 3.05) is 6.54 Å². The maximum absolute atomic E-state index is 11.5. The van der Waals surface area contributed by atoms with Gasteiger partial charge in [-0.2, -0.15) is 0 Å². The van der Waals surface area contributed by atoms with E-state index in [0.717, 1.165) is 5.56 Å². The van der Waals surface area contributed by atoms with Gasteiger partial charge in [0.1, 0.15) is 0 Å². The van der Waals surface area contributed by atoms with Gasteiger partial charge in [-0.3, -0.25) is 10.1 Å². The second kappa shape index (κ2) is 5.11. The van der Waals surface area contributed by atoms with Gasteiger partial charge in [0.15, 0.2) is 0 Å². The van der Waals surface area contributed by atoms with Gasteiger partial charge in [-0.1, -0.05) is 18.2 Å². The molecule has 5 heteroatoms. The van der Waals surface area contributed by atoms with Gasteiger partial charge in [-0.15, -0.1) is 0 Å². The second-order valence-electron chi connectivity index (χ2n) is 3.01. The molecular formula is C10H13N3O2. The lowest BCUT2D eigenvalue weighted by atomic mass is 10.0. The molecule has 0 radical (unpaired) electrons. The maximum Gasteiger partial charge on any atom is 0.319 e. The van der Waals surface area contributed by atoms with E-state index in [2.05, 4.69) is 0 Å². The predicted molar refractivity (Wildman–Crippen MR) is 56.3 cm³/mol. The fourth-order valence-electron chi connectivity index (χ4n) is 1.29. The van der Waals surface area contributed by atoms with Gasteiger partial charge >= 0.3 is 6.03 Å². The molecule has 5 N–H and O–H groups in total. The zero-order valence-corrected chi connectivity index (χ0v) is 8.19. The van der Waals surface area contributed by atoms with Crippen molar-refractivity contribution in [3.05, 3.63) is 35.4 Å². The molecule has 0 heterocycles. The number of primary amides is 1. The largest absolute Gasteiger partial charge is 0.351 e. The molecule has 80 valence electrons. The Labute approximate surface area is 87.4 Å². The Kier molecular flexibility index (Phi) is 3.82. The number of urea groups is 1. The number of hydrogen-bond acceptors (Lipinski definition) is 3. The number of nitrogens with one attached hydrogen (secondary N) is 1. The normalized spacial score (nSPS) is 9.67. The lowest BCUT2D eigenvalue weighted by molar-refractivity contribution is 0.0965. The molecule has 1 aromatic carbocycles. The third-order valence-corrected chi connectivity index (χ3v) is 1.91. The summed E-state index contributed by atoms with van der Waals surface area (Å²) >= 11 is 0. The third-order valence-electron chi connectivity index (χ3n) is 1.91. The fourth-order valence-corrected chi connectivity index (χ4v) is 1.29. The molecule has 3 amide bonds. The minimum absolute atomic E-state index is 0.432. The monoisotopic (exact) mass is 207 g/mol. The molecular weight excluding hydrogens is 194 g/mol. The molecule has 0 aromatic heterocycles. The summed E-state index contributed by atoms with van der Waals surface area (Å²) in [6.45, 7) is 0.445. The summed E-state index contributed by atoms with van der Waals surface area (Å²) < 4.78 is 0. The minimum Gasteiger partial charge on any atom is -0.351 e. The van der Waals surface area contributed by atoms with Gasteiger partial charge in [0.2, 0.25) is 0 Å². The van der Waals surface area contributed by atoms with Crippen LogP contribution in [0.3, 0.4) is 0 Å². The molecule has 5 nitrogen and oxygen atoms in total. The van der Waals surface area contributed by atoms with Gasteiger partial charge < -0.3 is 11.5 Å². The number of amides is 3. The van der Waals surface area contributed by atoms with Crippen molar-refractivity contribution in [2.24, 2.45) is 11.5 Å². The lowest BCUT2D eigenvalue weighted by Gasteiger charge is -2.06. The topological polar surface area (TPSA) is 98.2 Å². The molecule has 0 aliphatic heterocycles. The minimum atomic E-state index is -0.859. The first-order valence-electron chi connectivity index (χ1n) is 4.54. The molecule has 15 heavy (non-hydrogen) atoms. The Morgan fingerprint density at radius 1 is 1.27 bits per heavy atom. The van der Waals surface area contributed by atoms with Crippen molar-refractivity contribution in [1.82, 2.24) is 5.32 Å². The Morgan fingerprint density at radius 3 is 2.53 bits per heavy atom. The standard InChI is InChI=1S/C10H13N3O2/c11-6-5-7-3-1-2-4-8(7)9(14)13-10(12)15/h1-4H,5-6,11H2,(H3,12,13,14,15). The average Bonchev–Trinajstić information content (AvgIpc) is 2.18. The van der Waals surface area contributed by atoms with Crippen LogP contribution >= 0.6 is 0 Å². The van der Waals surface area contributed by atoms with E-state index >= 15 is 0 Å². The van der Waals surface area contributed by atoms with Crippen LogP contribution in [0.1, 0.15) is 15.9 Å². The molecule has 0 bridgehead atoms. The first kappa shape index (κ1) is 11.2. The maximum atomic E-state index is 11.5. The molecule has 1 aromatic rings. The van der Waals surface area contributed by atoms with E-state index < -0.39 is 11.9 Å². The van der Waals surface area contributed by atoms with Crippen molar-refractivity contribution in [3.8, 4) is 0 Å². The SMILES string of the molecule is NCCc1ccccc1C(=O)NC(N)=O. The summed E-state index contributed by atoms with van der Waals surface area (Å²) in [6, 6.07) is 6.09. The summed E-state index contributed by atoms with van der Waals surface area (Å²) in [5.74, 6) is -0.494. The van der Waals surface area contributed by atoms with E-state index in [-0.39, 0.29) is 0 Å². The summed E-state index contributed by atoms with van der Waals surface area (Å²) in [4.78, 5) is 22.0. The van der Waals surface area contributed by atoms with Crippen LogP contribution < -0.4 is 16.8 Å². The van der Waals surface area contributed by atoms with Crippen LogP contribution in [0.25, 0.3) is 0 Å². The Bertz CT molecular complexity index is 377. The number of rotatable bonds is 3.